The van der Waals surface area contributed by atoms with Gasteiger partial charge < -0.3 is 14.8 Å². The minimum absolute atomic E-state index is 0. The van der Waals surface area contributed by atoms with E-state index in [4.69, 9.17) is 9.47 Å². The van der Waals surface area contributed by atoms with Crippen molar-refractivity contribution in [3.63, 3.8) is 0 Å². The van der Waals surface area contributed by atoms with Crippen molar-refractivity contribution in [3.8, 4) is 0 Å². The number of dihydropyridines is 1. The number of esters is 2. The first kappa shape index (κ1) is 28.9. The third kappa shape index (κ3) is 6.41. The summed E-state index contributed by atoms with van der Waals surface area (Å²) in [6.07, 6.45) is 1.31. The molecule has 0 saturated carbocycles. The summed E-state index contributed by atoms with van der Waals surface area (Å²) in [7, 11) is 1.26. The number of hydrogen-bond donors (Lipinski definition) is 1. The highest BCUT2D eigenvalue weighted by atomic mass is 35.5. The average Bonchev–Trinajstić information content (AvgIpc) is 2.88. The number of non-ortho nitro benzene ring substituents is 1. The maximum Gasteiger partial charge on any atom is 0.337 e. The normalized spacial score (nSPS) is 19.8. The maximum atomic E-state index is 13.7. The van der Waals surface area contributed by atoms with Crippen LogP contribution in [0.1, 0.15) is 43.7 Å². The molecule has 202 valence electrons. The molecule has 0 spiro atoms. The lowest BCUT2D eigenvalue weighted by Crippen LogP contribution is -2.41. The van der Waals surface area contributed by atoms with Crippen LogP contribution in [0.2, 0.25) is 0 Å². The molecule has 2 heterocycles. The lowest BCUT2D eigenvalue weighted by Gasteiger charge is -2.34. The van der Waals surface area contributed by atoms with Crippen molar-refractivity contribution in [1.82, 2.24) is 10.2 Å². The van der Waals surface area contributed by atoms with Gasteiger partial charge in [-0.05, 0) is 44.4 Å². The Morgan fingerprint density at radius 1 is 1.05 bits per heavy atom. The molecule has 9 nitrogen and oxygen atoms in total. The van der Waals surface area contributed by atoms with Crippen LogP contribution in [-0.2, 0) is 25.6 Å². The van der Waals surface area contributed by atoms with Crippen LogP contribution in [0.3, 0.4) is 0 Å². The smallest absolute Gasteiger partial charge is 0.337 e. The molecule has 1 fully saturated rings. The Kier molecular flexibility index (Phi) is 9.66. The molecule has 1 unspecified atom stereocenters. The topological polar surface area (TPSA) is 111 Å². The van der Waals surface area contributed by atoms with E-state index in [1.54, 1.807) is 26.0 Å². The number of ether oxygens (including phenoxy) is 2. The van der Waals surface area contributed by atoms with Gasteiger partial charge >= 0.3 is 11.9 Å². The highest BCUT2D eigenvalue weighted by Crippen LogP contribution is 2.40. The van der Waals surface area contributed by atoms with Crippen LogP contribution in [0.15, 0.2) is 77.1 Å². The Bertz CT molecular complexity index is 1260. The third-order valence-electron chi connectivity index (χ3n) is 6.78. The van der Waals surface area contributed by atoms with E-state index < -0.39 is 22.8 Å². The first-order valence-electron chi connectivity index (χ1n) is 12.3. The van der Waals surface area contributed by atoms with Crippen molar-refractivity contribution in [2.45, 2.75) is 45.3 Å². The number of nitro groups is 1. The summed E-state index contributed by atoms with van der Waals surface area (Å²) in [5, 5.41) is 14.6. The molecular formula is C28H32ClN3O6. The quantitative estimate of drug-likeness (QED) is 0.307. The number of halogens is 1. The Morgan fingerprint density at radius 3 is 2.39 bits per heavy atom. The van der Waals surface area contributed by atoms with E-state index >= 15 is 0 Å². The van der Waals surface area contributed by atoms with Gasteiger partial charge in [0.25, 0.3) is 5.69 Å². The van der Waals surface area contributed by atoms with Gasteiger partial charge in [-0.1, -0.05) is 42.5 Å². The Labute approximate surface area is 228 Å². The summed E-state index contributed by atoms with van der Waals surface area (Å²) in [4.78, 5) is 39.7. The van der Waals surface area contributed by atoms with Gasteiger partial charge in [0.05, 0.1) is 29.1 Å². The summed E-state index contributed by atoms with van der Waals surface area (Å²) in [6.45, 7) is 5.73. The number of nitrogens with one attached hydrogen (secondary N) is 1. The number of hydrogen-bond acceptors (Lipinski definition) is 8. The van der Waals surface area contributed by atoms with Crippen molar-refractivity contribution in [2.75, 3.05) is 20.2 Å². The molecule has 38 heavy (non-hydrogen) atoms. The molecule has 1 N–H and O–H groups in total. The fourth-order valence-electron chi connectivity index (χ4n) is 5.11. The first-order valence-corrected chi connectivity index (χ1v) is 12.3. The number of methoxy groups -OCH3 is 1. The largest absolute Gasteiger partial charge is 0.466 e. The summed E-state index contributed by atoms with van der Waals surface area (Å²) in [5.41, 5.74) is 3.01. The number of allylic oxidation sites excluding steroid dienone is 2. The number of rotatable bonds is 7. The zero-order valence-electron chi connectivity index (χ0n) is 21.6. The monoisotopic (exact) mass is 541 g/mol. The summed E-state index contributed by atoms with van der Waals surface area (Å²) in [5.74, 6) is -2.04. The number of carbonyl (C=O) groups excluding carboxylic acids is 2. The lowest BCUT2D eigenvalue weighted by atomic mass is 9.80. The standard InChI is InChI=1S/C28H31N3O6.ClH/c1-18-24(27(32)36-3)26(21-11-7-12-22(15-21)31(34)35)25(19(2)29-18)28(33)37-23-13-8-14-30(17-23)16-20-9-5-4-6-10-20;/h4-7,9-12,15,23,26,29H,8,13-14,16-17H2,1-3H3;1H/t23-,26?;/m1./s1. The summed E-state index contributed by atoms with van der Waals surface area (Å²) >= 11 is 0. The minimum Gasteiger partial charge on any atom is -0.466 e. The summed E-state index contributed by atoms with van der Waals surface area (Å²) < 4.78 is 11.0. The first-order chi connectivity index (χ1) is 17.8. The number of piperidine rings is 1. The van der Waals surface area contributed by atoms with Crippen LogP contribution in [0.5, 0.6) is 0 Å². The molecule has 2 aromatic rings. The fourth-order valence-corrected chi connectivity index (χ4v) is 5.11. The van der Waals surface area contributed by atoms with Gasteiger partial charge in [0, 0.05) is 36.6 Å². The van der Waals surface area contributed by atoms with Crippen molar-refractivity contribution in [3.05, 3.63) is 98.4 Å². The molecular weight excluding hydrogens is 510 g/mol. The number of likely N-dealkylation sites (tertiary alicyclic amines) is 1. The molecule has 10 heteroatoms. The molecule has 2 aliphatic rings. The van der Waals surface area contributed by atoms with Crippen LogP contribution < -0.4 is 5.32 Å². The van der Waals surface area contributed by atoms with E-state index in [2.05, 4.69) is 22.3 Å². The Hall–Kier alpha value is -3.69. The molecule has 0 bridgehead atoms. The molecule has 2 aromatic carbocycles. The van der Waals surface area contributed by atoms with Gasteiger partial charge in [-0.25, -0.2) is 9.59 Å². The van der Waals surface area contributed by atoms with Gasteiger partial charge in [-0.2, -0.15) is 0 Å². The predicted octanol–water partition coefficient (Wildman–Crippen LogP) is 4.63. The molecule has 2 aliphatic heterocycles. The number of carbonyl (C=O) groups is 2. The molecule has 0 aliphatic carbocycles. The van der Waals surface area contributed by atoms with E-state index in [1.807, 2.05) is 18.2 Å². The highest BCUT2D eigenvalue weighted by Gasteiger charge is 2.39. The van der Waals surface area contributed by atoms with Gasteiger partial charge in [0.1, 0.15) is 6.10 Å². The average molecular weight is 542 g/mol. The van der Waals surface area contributed by atoms with Crippen LogP contribution >= 0.6 is 12.4 Å². The van der Waals surface area contributed by atoms with Crippen LogP contribution in [0, 0.1) is 10.1 Å². The van der Waals surface area contributed by atoms with E-state index in [0.29, 0.717) is 23.5 Å². The van der Waals surface area contributed by atoms with Crippen LogP contribution in [0.25, 0.3) is 0 Å². The predicted molar refractivity (Wildman–Crippen MR) is 144 cm³/mol. The number of nitrogens with zero attached hydrogens (tertiary/aromatic N) is 2. The van der Waals surface area contributed by atoms with Crippen molar-refractivity contribution in [2.24, 2.45) is 0 Å². The summed E-state index contributed by atoms with van der Waals surface area (Å²) in [6, 6.07) is 16.1. The molecule has 0 aromatic heterocycles. The van der Waals surface area contributed by atoms with E-state index in [1.165, 1.54) is 24.8 Å². The third-order valence-corrected chi connectivity index (χ3v) is 6.78. The van der Waals surface area contributed by atoms with Gasteiger partial charge in [0.2, 0.25) is 0 Å². The van der Waals surface area contributed by atoms with Crippen LogP contribution in [0.4, 0.5) is 5.69 Å². The number of benzene rings is 2. The zero-order chi connectivity index (χ0) is 26.5. The second kappa shape index (κ2) is 12.7. The zero-order valence-corrected chi connectivity index (χ0v) is 22.5. The molecule has 4 rings (SSSR count). The fraction of sp³-hybridized carbons (Fsp3) is 0.357. The lowest BCUT2D eigenvalue weighted by molar-refractivity contribution is -0.384. The van der Waals surface area contributed by atoms with E-state index in [9.17, 15) is 19.7 Å². The van der Waals surface area contributed by atoms with E-state index in [-0.39, 0.29) is 35.3 Å². The maximum absolute atomic E-state index is 13.7. The van der Waals surface area contributed by atoms with Crippen molar-refractivity contribution in [1.29, 1.82) is 0 Å². The van der Waals surface area contributed by atoms with Crippen molar-refractivity contribution < 1.29 is 24.0 Å². The van der Waals surface area contributed by atoms with Gasteiger partial charge in [0.15, 0.2) is 0 Å². The molecule has 0 amide bonds. The van der Waals surface area contributed by atoms with Gasteiger partial charge in [-0.3, -0.25) is 15.0 Å². The van der Waals surface area contributed by atoms with Crippen LogP contribution in [-0.4, -0.2) is 48.1 Å². The Balaban J connectivity index is 0.00000400. The Morgan fingerprint density at radius 2 is 1.74 bits per heavy atom. The highest BCUT2D eigenvalue weighted by molar-refractivity contribution is 6.00. The second-order valence-corrected chi connectivity index (χ2v) is 9.37. The molecule has 1 saturated heterocycles. The molecule has 2 atom stereocenters. The molecule has 0 radical (unpaired) electrons. The second-order valence-electron chi connectivity index (χ2n) is 9.37. The number of nitro benzene ring substituents is 1. The SMILES string of the molecule is COC(=O)C1=C(C)NC(C)=C(C(=O)O[C@@H]2CCCN(Cc3ccccc3)C2)C1c1cccc([N+](=O)[O-])c1.Cl. The van der Waals surface area contributed by atoms with Gasteiger partial charge in [-0.15, -0.1) is 12.4 Å². The van der Waals surface area contributed by atoms with E-state index in [0.717, 1.165) is 25.9 Å². The minimum atomic E-state index is -0.870. The van der Waals surface area contributed by atoms with Crippen molar-refractivity contribution >= 4 is 30.0 Å².